The van der Waals surface area contributed by atoms with Crippen LogP contribution >= 0.6 is 0 Å². The Balaban J connectivity index is 1.21. The molecule has 2 fully saturated rings. The Labute approximate surface area is 272 Å². The van der Waals surface area contributed by atoms with Crippen LogP contribution in [0.5, 0.6) is 0 Å². The number of aryl methyl sites for hydroxylation is 1. The van der Waals surface area contributed by atoms with Gasteiger partial charge in [-0.25, -0.2) is 0 Å². The minimum absolute atomic E-state index is 0.0568. The van der Waals surface area contributed by atoms with Gasteiger partial charge in [0, 0.05) is 27.9 Å². The Bertz CT molecular complexity index is 2240. The number of benzene rings is 6. The molecule has 4 aliphatic rings. The first-order chi connectivity index (χ1) is 22.4. The molecular formula is C45H39N. The lowest BCUT2D eigenvalue weighted by molar-refractivity contribution is 0.327. The summed E-state index contributed by atoms with van der Waals surface area (Å²) in [5, 5.41) is 2.61. The molecule has 0 radical (unpaired) electrons. The van der Waals surface area contributed by atoms with E-state index in [1.165, 1.54) is 92.5 Å². The molecule has 1 nitrogen and oxygen atoms in total. The number of hydrogen-bond donors (Lipinski definition) is 0. The molecule has 0 N–H and O–H groups in total. The molecule has 0 saturated heterocycles. The average Bonchev–Trinajstić information content (AvgIpc) is 3.83. The molecule has 3 unspecified atom stereocenters. The van der Waals surface area contributed by atoms with Crippen LogP contribution in [0.1, 0.15) is 67.3 Å². The zero-order valence-electron chi connectivity index (χ0n) is 27.0. The smallest absolute Gasteiger partial charge is 0.0497 e. The molecule has 3 atom stereocenters. The topological polar surface area (TPSA) is 3.24 Å². The van der Waals surface area contributed by atoms with Gasteiger partial charge in [0.2, 0.25) is 0 Å². The molecule has 0 aromatic heterocycles. The van der Waals surface area contributed by atoms with Crippen LogP contribution in [0.3, 0.4) is 0 Å². The van der Waals surface area contributed by atoms with E-state index in [9.17, 15) is 0 Å². The van der Waals surface area contributed by atoms with Crippen molar-refractivity contribution in [3.63, 3.8) is 0 Å². The van der Waals surface area contributed by atoms with E-state index in [0.29, 0.717) is 0 Å². The van der Waals surface area contributed by atoms with Gasteiger partial charge in [0.1, 0.15) is 0 Å². The summed E-state index contributed by atoms with van der Waals surface area (Å²) >= 11 is 0. The van der Waals surface area contributed by atoms with Crippen LogP contribution in [0, 0.1) is 18.8 Å². The van der Waals surface area contributed by atoms with Crippen molar-refractivity contribution in [1.82, 2.24) is 0 Å². The SMILES string of the molecule is Cc1c(N(c2ccc3c(c2)C(C)(C)c2ccccc2-3)c2ccc3c(c2)C2(CC4CCC2C4)c2ccccc2-3)ccc2ccccc12. The lowest BCUT2D eigenvalue weighted by Crippen LogP contribution is -2.32. The Morgan fingerprint density at radius 1 is 0.587 bits per heavy atom. The van der Waals surface area contributed by atoms with Gasteiger partial charge in [0.05, 0.1) is 0 Å². The first-order valence-electron chi connectivity index (χ1n) is 17.2. The Morgan fingerprint density at radius 3 is 1.96 bits per heavy atom. The second-order valence-corrected chi connectivity index (χ2v) is 15.0. The maximum atomic E-state index is 2.60. The third-order valence-corrected chi connectivity index (χ3v) is 12.5. The first-order valence-corrected chi connectivity index (χ1v) is 17.2. The van der Waals surface area contributed by atoms with Gasteiger partial charge in [-0.15, -0.1) is 0 Å². The van der Waals surface area contributed by atoms with E-state index < -0.39 is 0 Å². The molecule has 4 aliphatic carbocycles. The summed E-state index contributed by atoms with van der Waals surface area (Å²) < 4.78 is 0. The summed E-state index contributed by atoms with van der Waals surface area (Å²) in [5.74, 6) is 1.59. The lowest BCUT2D eigenvalue weighted by Gasteiger charge is -2.37. The van der Waals surface area contributed by atoms with Crippen molar-refractivity contribution in [3.05, 3.63) is 149 Å². The third-order valence-electron chi connectivity index (χ3n) is 12.5. The van der Waals surface area contributed by atoms with Crippen LogP contribution in [0.25, 0.3) is 33.0 Å². The maximum absolute atomic E-state index is 2.60. The predicted octanol–water partition coefficient (Wildman–Crippen LogP) is 12.0. The van der Waals surface area contributed by atoms with E-state index in [1.54, 1.807) is 11.1 Å². The minimum Gasteiger partial charge on any atom is -0.310 e. The van der Waals surface area contributed by atoms with E-state index in [0.717, 1.165) is 11.8 Å². The van der Waals surface area contributed by atoms with Crippen LogP contribution in [0.15, 0.2) is 121 Å². The molecule has 10 rings (SSSR count). The molecule has 1 spiro atoms. The highest BCUT2D eigenvalue weighted by atomic mass is 15.1. The molecule has 1 heteroatoms. The predicted molar refractivity (Wildman–Crippen MR) is 193 cm³/mol. The summed E-state index contributed by atoms with van der Waals surface area (Å²) in [5.41, 5.74) is 16.8. The normalized spacial score (nSPS) is 22.6. The van der Waals surface area contributed by atoms with Crippen molar-refractivity contribution < 1.29 is 0 Å². The Hall–Kier alpha value is -4.62. The van der Waals surface area contributed by atoms with E-state index in [4.69, 9.17) is 0 Å². The summed E-state index contributed by atoms with van der Waals surface area (Å²) in [6, 6.07) is 46.4. The average molecular weight is 594 g/mol. The van der Waals surface area contributed by atoms with Crippen LogP contribution in [0.2, 0.25) is 0 Å². The van der Waals surface area contributed by atoms with Crippen molar-refractivity contribution in [1.29, 1.82) is 0 Å². The van der Waals surface area contributed by atoms with Crippen molar-refractivity contribution in [3.8, 4) is 22.3 Å². The summed E-state index contributed by atoms with van der Waals surface area (Å²) in [6.07, 6.45) is 5.44. The standard InChI is InChI=1S/C45H39N/c1-28-34-11-5-4-10-30(34)17-23-43(28)46(32-19-21-37-35-12-6-8-14-39(35)44(2,3)41(37)25-32)33-20-22-38-36-13-7-9-15-40(36)45(42(38)26-33)27-29-16-18-31(45)24-29/h4-15,17,19-23,25-26,29,31H,16,18,24,27H2,1-3H3. The number of fused-ring (bicyclic) bond motifs is 12. The summed E-state index contributed by atoms with van der Waals surface area (Å²) in [4.78, 5) is 2.56. The highest BCUT2D eigenvalue weighted by Gasteiger charge is 2.56. The Morgan fingerprint density at radius 2 is 1.22 bits per heavy atom. The highest BCUT2D eigenvalue weighted by Crippen LogP contribution is 2.66. The maximum Gasteiger partial charge on any atom is 0.0497 e. The molecule has 6 aromatic rings. The van der Waals surface area contributed by atoms with Gasteiger partial charge in [0.25, 0.3) is 0 Å². The monoisotopic (exact) mass is 593 g/mol. The van der Waals surface area contributed by atoms with Crippen molar-refractivity contribution in [2.45, 2.75) is 57.3 Å². The van der Waals surface area contributed by atoms with Gasteiger partial charge in [-0.2, -0.15) is 0 Å². The van der Waals surface area contributed by atoms with Crippen molar-refractivity contribution in [2.24, 2.45) is 11.8 Å². The summed E-state index contributed by atoms with van der Waals surface area (Å²) in [7, 11) is 0. The van der Waals surface area contributed by atoms with Crippen molar-refractivity contribution >= 4 is 27.8 Å². The molecule has 0 aliphatic heterocycles. The van der Waals surface area contributed by atoms with Crippen LogP contribution in [-0.4, -0.2) is 0 Å². The van der Waals surface area contributed by atoms with E-state index in [2.05, 4.69) is 147 Å². The fourth-order valence-electron chi connectivity index (χ4n) is 10.4. The van der Waals surface area contributed by atoms with Gasteiger partial charge in [0.15, 0.2) is 0 Å². The zero-order valence-corrected chi connectivity index (χ0v) is 27.0. The molecule has 6 aromatic carbocycles. The molecule has 0 heterocycles. The number of rotatable bonds is 3. The van der Waals surface area contributed by atoms with Crippen molar-refractivity contribution in [2.75, 3.05) is 4.90 Å². The van der Waals surface area contributed by atoms with Gasteiger partial charge < -0.3 is 4.90 Å². The minimum atomic E-state index is -0.0568. The number of hydrogen-bond acceptors (Lipinski definition) is 1. The number of nitrogens with zero attached hydrogens (tertiary/aromatic N) is 1. The van der Waals surface area contributed by atoms with Gasteiger partial charge >= 0.3 is 0 Å². The molecule has 224 valence electrons. The second kappa shape index (κ2) is 9.23. The van der Waals surface area contributed by atoms with Gasteiger partial charge in [-0.05, 0) is 129 Å². The third kappa shape index (κ3) is 3.36. The van der Waals surface area contributed by atoms with Crippen LogP contribution in [-0.2, 0) is 10.8 Å². The largest absolute Gasteiger partial charge is 0.310 e. The highest BCUT2D eigenvalue weighted by molar-refractivity contribution is 5.95. The quantitative estimate of drug-likeness (QED) is 0.197. The molecular weight excluding hydrogens is 555 g/mol. The van der Waals surface area contributed by atoms with E-state index >= 15 is 0 Å². The van der Waals surface area contributed by atoms with Crippen LogP contribution < -0.4 is 4.90 Å². The lowest BCUT2D eigenvalue weighted by atomic mass is 9.67. The van der Waals surface area contributed by atoms with E-state index in [1.807, 2.05) is 0 Å². The molecule has 46 heavy (non-hydrogen) atoms. The fraction of sp³-hybridized carbons (Fsp3) is 0.244. The van der Waals surface area contributed by atoms with E-state index in [-0.39, 0.29) is 10.8 Å². The molecule has 0 amide bonds. The Kier molecular flexibility index (Phi) is 5.33. The summed E-state index contributed by atoms with van der Waals surface area (Å²) in [6.45, 7) is 7.08. The van der Waals surface area contributed by atoms with Crippen LogP contribution in [0.4, 0.5) is 17.1 Å². The first kappa shape index (κ1) is 26.6. The molecule has 2 bridgehead atoms. The second-order valence-electron chi connectivity index (χ2n) is 15.0. The fourth-order valence-corrected chi connectivity index (χ4v) is 10.4. The molecule has 2 saturated carbocycles. The van der Waals surface area contributed by atoms with Gasteiger partial charge in [-0.1, -0.05) is 111 Å². The zero-order chi connectivity index (χ0) is 30.8. The number of anilines is 3. The van der Waals surface area contributed by atoms with Gasteiger partial charge in [-0.3, -0.25) is 0 Å².